The van der Waals surface area contributed by atoms with Gasteiger partial charge in [-0.2, -0.15) is 0 Å². The Morgan fingerprint density at radius 2 is 1.68 bits per heavy atom. The highest BCUT2D eigenvalue weighted by molar-refractivity contribution is 5.73. The van der Waals surface area contributed by atoms with Crippen molar-refractivity contribution in [2.45, 2.75) is 44.9 Å². The molecule has 0 spiro atoms. The number of amides is 1. The van der Waals surface area contributed by atoms with Gasteiger partial charge in [0.15, 0.2) is 0 Å². The molecule has 1 aliphatic carbocycles. The van der Waals surface area contributed by atoms with E-state index in [1.54, 1.807) is 0 Å². The molecule has 0 N–H and O–H groups in total. The third-order valence-corrected chi connectivity index (χ3v) is 4.54. The van der Waals surface area contributed by atoms with Crippen molar-refractivity contribution in [2.24, 2.45) is 11.8 Å². The number of fused-ring (bicyclic) bond motifs is 8. The Kier molecular flexibility index (Phi) is 1.98. The number of rotatable bonds is 0. The lowest BCUT2D eigenvalue weighted by Gasteiger charge is -2.29. The Hall–Kier alpha value is -1.51. The van der Waals surface area contributed by atoms with Crippen molar-refractivity contribution in [1.29, 1.82) is 0 Å². The van der Waals surface area contributed by atoms with Gasteiger partial charge in [0.1, 0.15) is 5.60 Å². The Balaban J connectivity index is 1.69. The van der Waals surface area contributed by atoms with Crippen molar-refractivity contribution in [3.05, 3.63) is 35.4 Å². The van der Waals surface area contributed by atoms with E-state index in [0.717, 1.165) is 0 Å². The number of nitrogens with zero attached hydrogens (tertiary/aromatic N) is 1. The van der Waals surface area contributed by atoms with Gasteiger partial charge >= 0.3 is 6.09 Å². The Morgan fingerprint density at radius 3 is 2.16 bits per heavy atom. The average molecular weight is 257 g/mol. The highest BCUT2D eigenvalue weighted by atomic mass is 16.6. The lowest BCUT2D eigenvalue weighted by atomic mass is 9.92. The highest BCUT2D eigenvalue weighted by Gasteiger charge is 2.66. The standard InChI is InChI=1S/C16H19NO2/c1-16(2,3)19-15(18)17-13-9-6-4-5-7-10(9)14(17)12-8-11(12)13/h4-7,11-14H,8H2,1-3H3. The van der Waals surface area contributed by atoms with E-state index in [0.29, 0.717) is 11.8 Å². The van der Waals surface area contributed by atoms with Gasteiger partial charge in [0.05, 0.1) is 12.1 Å². The van der Waals surface area contributed by atoms with Crippen LogP contribution in [0.4, 0.5) is 4.79 Å². The number of hydrogen-bond acceptors (Lipinski definition) is 2. The van der Waals surface area contributed by atoms with Gasteiger partial charge in [-0.1, -0.05) is 24.3 Å². The molecule has 2 heterocycles. The summed E-state index contributed by atoms with van der Waals surface area (Å²) in [4.78, 5) is 14.5. The van der Waals surface area contributed by atoms with Gasteiger partial charge in [0.2, 0.25) is 0 Å². The molecule has 4 rings (SSSR count). The molecular weight excluding hydrogens is 238 g/mol. The second-order valence-electron chi connectivity index (χ2n) is 6.97. The lowest BCUT2D eigenvalue weighted by Crippen LogP contribution is -2.36. The van der Waals surface area contributed by atoms with E-state index in [4.69, 9.17) is 4.74 Å². The van der Waals surface area contributed by atoms with Crippen LogP contribution in [0.2, 0.25) is 0 Å². The molecule has 1 aromatic rings. The number of carbonyl (C=O) groups is 1. The molecule has 1 saturated carbocycles. The molecule has 2 fully saturated rings. The van der Waals surface area contributed by atoms with Crippen molar-refractivity contribution in [1.82, 2.24) is 4.90 Å². The topological polar surface area (TPSA) is 29.5 Å². The van der Waals surface area contributed by atoms with Gasteiger partial charge in [-0.25, -0.2) is 4.79 Å². The number of benzene rings is 1. The van der Waals surface area contributed by atoms with Crippen LogP contribution in [-0.2, 0) is 4.74 Å². The maximum absolute atomic E-state index is 12.5. The summed E-state index contributed by atoms with van der Waals surface area (Å²) in [7, 11) is 0. The van der Waals surface area contributed by atoms with E-state index < -0.39 is 5.60 Å². The minimum absolute atomic E-state index is 0.147. The monoisotopic (exact) mass is 257 g/mol. The fraction of sp³-hybridized carbons (Fsp3) is 0.562. The summed E-state index contributed by atoms with van der Waals surface area (Å²) < 4.78 is 5.59. The summed E-state index contributed by atoms with van der Waals surface area (Å²) in [5.41, 5.74) is 2.27. The average Bonchev–Trinajstić information content (AvgIpc) is 2.95. The van der Waals surface area contributed by atoms with Crippen molar-refractivity contribution >= 4 is 6.09 Å². The molecule has 2 bridgehead atoms. The van der Waals surface area contributed by atoms with Gasteiger partial charge in [-0.05, 0) is 50.2 Å². The van der Waals surface area contributed by atoms with Crippen LogP contribution in [0.15, 0.2) is 24.3 Å². The van der Waals surface area contributed by atoms with E-state index in [2.05, 4.69) is 24.3 Å². The van der Waals surface area contributed by atoms with Gasteiger partial charge in [0.25, 0.3) is 0 Å². The zero-order valence-corrected chi connectivity index (χ0v) is 11.6. The predicted octanol–water partition coefficient (Wildman–Crippen LogP) is 3.67. The summed E-state index contributed by atoms with van der Waals surface area (Å²) in [5, 5.41) is 0. The first-order chi connectivity index (χ1) is 8.97. The molecule has 1 aromatic carbocycles. The Morgan fingerprint density at radius 1 is 1.16 bits per heavy atom. The predicted molar refractivity (Wildman–Crippen MR) is 71.6 cm³/mol. The van der Waals surface area contributed by atoms with E-state index in [9.17, 15) is 4.79 Å². The number of ether oxygens (including phenoxy) is 1. The van der Waals surface area contributed by atoms with Gasteiger partial charge in [-0.3, -0.25) is 4.90 Å². The van der Waals surface area contributed by atoms with Gasteiger partial charge < -0.3 is 4.74 Å². The van der Waals surface area contributed by atoms with Crippen LogP contribution in [0.1, 0.15) is 50.4 Å². The summed E-state index contributed by atoms with van der Waals surface area (Å²) in [6.07, 6.45) is 1.12. The fourth-order valence-corrected chi connectivity index (χ4v) is 3.90. The van der Waals surface area contributed by atoms with Crippen LogP contribution < -0.4 is 0 Å². The molecule has 2 aliphatic heterocycles. The van der Waals surface area contributed by atoms with Crippen molar-refractivity contribution < 1.29 is 9.53 Å². The molecule has 4 unspecified atom stereocenters. The molecule has 4 atom stereocenters. The minimum Gasteiger partial charge on any atom is -0.444 e. The third-order valence-electron chi connectivity index (χ3n) is 4.54. The lowest BCUT2D eigenvalue weighted by molar-refractivity contribution is 0.0134. The quantitative estimate of drug-likeness (QED) is 0.709. The summed E-state index contributed by atoms with van der Waals surface area (Å²) in [6, 6.07) is 9.02. The van der Waals surface area contributed by atoms with Crippen LogP contribution in [0.3, 0.4) is 0 Å². The Bertz CT molecular complexity index is 525. The van der Waals surface area contributed by atoms with Crippen molar-refractivity contribution in [3.63, 3.8) is 0 Å². The number of hydrogen-bond donors (Lipinski definition) is 0. The smallest absolute Gasteiger partial charge is 0.411 e. The third kappa shape index (κ3) is 1.47. The van der Waals surface area contributed by atoms with E-state index in [1.165, 1.54) is 17.5 Å². The number of piperidine rings is 1. The van der Waals surface area contributed by atoms with E-state index >= 15 is 0 Å². The van der Waals surface area contributed by atoms with Crippen LogP contribution in [0, 0.1) is 11.8 Å². The second kappa shape index (κ2) is 3.33. The zero-order valence-electron chi connectivity index (χ0n) is 11.6. The summed E-state index contributed by atoms with van der Waals surface area (Å²) >= 11 is 0. The highest BCUT2D eigenvalue weighted by Crippen LogP contribution is 2.70. The van der Waals surface area contributed by atoms with E-state index in [1.807, 2.05) is 25.7 Å². The minimum atomic E-state index is -0.421. The SMILES string of the molecule is CC(C)(C)OC(=O)N1C2c3ccccc3C1C1CC12. The molecule has 3 heteroatoms. The van der Waals surface area contributed by atoms with Crippen molar-refractivity contribution in [3.8, 4) is 0 Å². The first-order valence-corrected chi connectivity index (χ1v) is 7.07. The number of carbonyl (C=O) groups excluding carboxylic acids is 1. The first-order valence-electron chi connectivity index (χ1n) is 7.07. The maximum atomic E-state index is 12.5. The molecule has 3 aliphatic rings. The first kappa shape index (κ1) is 11.3. The van der Waals surface area contributed by atoms with Crippen LogP contribution in [-0.4, -0.2) is 16.6 Å². The van der Waals surface area contributed by atoms with Crippen LogP contribution in [0.25, 0.3) is 0 Å². The van der Waals surface area contributed by atoms with Gasteiger partial charge in [-0.15, -0.1) is 0 Å². The van der Waals surface area contributed by atoms with Gasteiger partial charge in [0, 0.05) is 0 Å². The Labute approximate surface area is 113 Å². The molecule has 0 aromatic heterocycles. The van der Waals surface area contributed by atoms with E-state index in [-0.39, 0.29) is 18.2 Å². The molecule has 3 nitrogen and oxygen atoms in total. The summed E-state index contributed by atoms with van der Waals surface area (Å²) in [6.45, 7) is 5.78. The maximum Gasteiger partial charge on any atom is 0.411 e. The molecule has 0 radical (unpaired) electrons. The molecule has 19 heavy (non-hydrogen) atoms. The van der Waals surface area contributed by atoms with Crippen LogP contribution in [0.5, 0.6) is 0 Å². The second-order valence-corrected chi connectivity index (χ2v) is 6.97. The molecular formula is C16H19NO2. The molecule has 100 valence electrons. The largest absolute Gasteiger partial charge is 0.444 e. The molecule has 1 amide bonds. The molecule has 1 saturated heterocycles. The fourth-order valence-electron chi connectivity index (χ4n) is 3.90. The zero-order chi connectivity index (χ0) is 13.4. The van der Waals surface area contributed by atoms with Crippen LogP contribution >= 0.6 is 0 Å². The summed E-state index contributed by atoms with van der Waals surface area (Å²) in [5.74, 6) is 1.35. The normalized spacial score (nSPS) is 33.9. The van der Waals surface area contributed by atoms with Crippen molar-refractivity contribution in [2.75, 3.05) is 0 Å².